The van der Waals surface area contributed by atoms with Crippen LogP contribution in [0.15, 0.2) is 24.3 Å². The Morgan fingerprint density at radius 3 is 2.40 bits per heavy atom. The molecule has 1 aromatic carbocycles. The summed E-state index contributed by atoms with van der Waals surface area (Å²) in [7, 11) is 0. The Balaban J connectivity index is 1.33. The Morgan fingerprint density at radius 1 is 0.933 bits per heavy atom. The first-order valence-electron chi connectivity index (χ1n) is 11.1. The molecule has 6 nitrogen and oxygen atoms in total. The monoisotopic (exact) mass is 410 g/mol. The van der Waals surface area contributed by atoms with Crippen molar-refractivity contribution in [3.05, 3.63) is 47.0 Å². The number of aromatic nitrogens is 2. The second kappa shape index (κ2) is 7.85. The molecule has 0 unspecified atom stereocenters. The van der Waals surface area contributed by atoms with Gasteiger partial charge in [-0.25, -0.2) is 9.07 Å². The molecule has 1 aliphatic carbocycles. The molecule has 2 saturated heterocycles. The SMILES string of the molecule is O=C(c1nn(-c2ccccc2F)c2c1CCC2)N1CCC(C(=O)N2CCCC2)CC1. The number of likely N-dealkylation sites (tertiary alicyclic amines) is 2. The summed E-state index contributed by atoms with van der Waals surface area (Å²) in [6, 6.07) is 6.56. The quantitative estimate of drug-likeness (QED) is 0.782. The van der Waals surface area contributed by atoms with Gasteiger partial charge in [-0.1, -0.05) is 12.1 Å². The van der Waals surface area contributed by atoms with E-state index in [2.05, 4.69) is 5.10 Å². The molecular formula is C23H27FN4O2. The molecule has 0 atom stereocenters. The van der Waals surface area contributed by atoms with E-state index >= 15 is 0 Å². The number of carbonyl (C=O) groups excluding carboxylic acids is 2. The van der Waals surface area contributed by atoms with Crippen molar-refractivity contribution in [3.8, 4) is 5.69 Å². The number of para-hydroxylation sites is 1. The maximum absolute atomic E-state index is 14.4. The summed E-state index contributed by atoms with van der Waals surface area (Å²) in [5, 5.41) is 4.57. The summed E-state index contributed by atoms with van der Waals surface area (Å²) in [5.74, 6) is -0.150. The van der Waals surface area contributed by atoms with E-state index < -0.39 is 0 Å². The molecule has 5 rings (SSSR count). The number of halogens is 1. The lowest BCUT2D eigenvalue weighted by Gasteiger charge is -2.33. The van der Waals surface area contributed by atoms with E-state index in [1.165, 1.54) is 6.07 Å². The lowest BCUT2D eigenvalue weighted by atomic mass is 9.95. The van der Waals surface area contributed by atoms with Gasteiger partial charge in [-0.05, 0) is 57.1 Å². The van der Waals surface area contributed by atoms with E-state index in [0.29, 0.717) is 37.3 Å². The Bertz CT molecular complexity index is 972. The molecule has 2 amide bonds. The number of rotatable bonds is 3. The third-order valence-corrected chi connectivity index (χ3v) is 6.76. The number of carbonyl (C=O) groups is 2. The number of nitrogens with zero attached hydrogens (tertiary/aromatic N) is 4. The van der Waals surface area contributed by atoms with E-state index in [0.717, 1.165) is 56.5 Å². The van der Waals surface area contributed by atoms with E-state index in [1.807, 2.05) is 9.80 Å². The summed E-state index contributed by atoms with van der Waals surface area (Å²) in [4.78, 5) is 29.7. The molecule has 2 fully saturated rings. The first-order chi connectivity index (χ1) is 14.6. The van der Waals surface area contributed by atoms with Gasteiger partial charge in [0.2, 0.25) is 5.91 Å². The molecule has 0 radical (unpaired) electrons. The van der Waals surface area contributed by atoms with Gasteiger partial charge in [-0.2, -0.15) is 5.10 Å². The molecule has 0 N–H and O–H groups in total. The molecule has 3 heterocycles. The first-order valence-corrected chi connectivity index (χ1v) is 11.1. The third-order valence-electron chi connectivity index (χ3n) is 6.76. The fraction of sp³-hybridized carbons (Fsp3) is 0.522. The largest absolute Gasteiger partial charge is 0.342 e. The number of hydrogen-bond donors (Lipinski definition) is 0. The summed E-state index contributed by atoms with van der Waals surface area (Å²) < 4.78 is 16.0. The van der Waals surface area contributed by atoms with Crippen LogP contribution in [0.4, 0.5) is 4.39 Å². The molecule has 3 aliphatic rings. The van der Waals surface area contributed by atoms with Gasteiger partial charge in [0.05, 0.1) is 0 Å². The maximum Gasteiger partial charge on any atom is 0.274 e. The predicted octanol–water partition coefficient (Wildman–Crippen LogP) is 2.97. The second-order valence-corrected chi connectivity index (χ2v) is 8.59. The van der Waals surface area contributed by atoms with Crippen molar-refractivity contribution < 1.29 is 14.0 Å². The van der Waals surface area contributed by atoms with Crippen molar-refractivity contribution in [2.75, 3.05) is 26.2 Å². The molecular weight excluding hydrogens is 383 g/mol. The zero-order valence-electron chi connectivity index (χ0n) is 17.1. The van der Waals surface area contributed by atoms with Crippen LogP contribution in [0.3, 0.4) is 0 Å². The van der Waals surface area contributed by atoms with Crippen molar-refractivity contribution in [3.63, 3.8) is 0 Å². The molecule has 0 saturated carbocycles. The minimum absolute atomic E-state index is 0.0221. The van der Waals surface area contributed by atoms with Crippen LogP contribution in [0.2, 0.25) is 0 Å². The minimum Gasteiger partial charge on any atom is -0.342 e. The van der Waals surface area contributed by atoms with Crippen molar-refractivity contribution in [2.24, 2.45) is 5.92 Å². The van der Waals surface area contributed by atoms with Gasteiger partial charge in [0, 0.05) is 43.4 Å². The molecule has 7 heteroatoms. The molecule has 30 heavy (non-hydrogen) atoms. The Labute approximate surface area is 175 Å². The van der Waals surface area contributed by atoms with Crippen molar-refractivity contribution in [1.29, 1.82) is 0 Å². The zero-order chi connectivity index (χ0) is 20.7. The van der Waals surface area contributed by atoms with Crippen LogP contribution < -0.4 is 0 Å². The zero-order valence-corrected chi connectivity index (χ0v) is 17.1. The smallest absolute Gasteiger partial charge is 0.274 e. The normalized spacial score (nSPS) is 19.4. The van der Waals surface area contributed by atoms with Gasteiger partial charge in [-0.15, -0.1) is 0 Å². The fourth-order valence-electron chi connectivity index (χ4n) is 5.11. The summed E-state index contributed by atoms with van der Waals surface area (Å²) in [6.45, 7) is 2.89. The van der Waals surface area contributed by atoms with E-state index in [1.54, 1.807) is 22.9 Å². The highest BCUT2D eigenvalue weighted by molar-refractivity contribution is 5.94. The standard InChI is InChI=1S/C23H27FN4O2/c24-18-7-1-2-8-20(18)28-19-9-5-6-17(19)21(25-28)23(30)27-14-10-16(11-15-27)22(29)26-12-3-4-13-26/h1-2,7-8,16H,3-6,9-15H2. The number of piperidine rings is 1. The average Bonchev–Trinajstić information content (AvgIpc) is 3.51. The highest BCUT2D eigenvalue weighted by atomic mass is 19.1. The van der Waals surface area contributed by atoms with Crippen molar-refractivity contribution >= 4 is 11.8 Å². The summed E-state index contributed by atoms with van der Waals surface area (Å²) in [5.41, 5.74) is 2.75. The summed E-state index contributed by atoms with van der Waals surface area (Å²) in [6.07, 6.45) is 6.16. The molecule has 158 valence electrons. The Hall–Kier alpha value is -2.70. The molecule has 0 spiro atoms. The lowest BCUT2D eigenvalue weighted by Crippen LogP contribution is -2.44. The van der Waals surface area contributed by atoms with Crippen LogP contribution in [-0.4, -0.2) is 57.6 Å². The fourth-order valence-corrected chi connectivity index (χ4v) is 5.11. The number of fused-ring (bicyclic) bond motifs is 1. The third kappa shape index (κ3) is 3.30. The minimum atomic E-state index is -0.338. The van der Waals surface area contributed by atoms with Gasteiger partial charge in [0.15, 0.2) is 5.69 Å². The van der Waals surface area contributed by atoms with Gasteiger partial charge >= 0.3 is 0 Å². The first kappa shape index (κ1) is 19.3. The van der Waals surface area contributed by atoms with E-state index in [4.69, 9.17) is 0 Å². The van der Waals surface area contributed by atoms with Gasteiger partial charge in [-0.3, -0.25) is 9.59 Å². The Kier molecular flexibility index (Phi) is 5.05. The summed E-state index contributed by atoms with van der Waals surface area (Å²) >= 11 is 0. The van der Waals surface area contributed by atoms with Crippen LogP contribution in [0.25, 0.3) is 5.69 Å². The van der Waals surface area contributed by atoms with Crippen LogP contribution in [-0.2, 0) is 17.6 Å². The number of hydrogen-bond acceptors (Lipinski definition) is 3. The van der Waals surface area contributed by atoms with Crippen molar-refractivity contribution in [1.82, 2.24) is 19.6 Å². The molecule has 0 bridgehead atoms. The topological polar surface area (TPSA) is 58.4 Å². The maximum atomic E-state index is 14.4. The van der Waals surface area contributed by atoms with Crippen LogP contribution in [0.5, 0.6) is 0 Å². The van der Waals surface area contributed by atoms with Crippen LogP contribution >= 0.6 is 0 Å². The van der Waals surface area contributed by atoms with Crippen LogP contribution in [0.1, 0.15) is 53.8 Å². The molecule has 1 aromatic heterocycles. The highest BCUT2D eigenvalue weighted by Gasteiger charge is 2.34. The number of amides is 2. The number of benzene rings is 1. The van der Waals surface area contributed by atoms with Gasteiger partial charge in [0.25, 0.3) is 5.91 Å². The molecule has 2 aromatic rings. The Morgan fingerprint density at radius 2 is 1.67 bits per heavy atom. The average molecular weight is 410 g/mol. The molecule has 2 aliphatic heterocycles. The van der Waals surface area contributed by atoms with Gasteiger partial charge in [0.1, 0.15) is 11.5 Å². The lowest BCUT2D eigenvalue weighted by molar-refractivity contribution is -0.135. The van der Waals surface area contributed by atoms with Crippen molar-refractivity contribution in [2.45, 2.75) is 44.9 Å². The van der Waals surface area contributed by atoms with E-state index in [9.17, 15) is 14.0 Å². The van der Waals surface area contributed by atoms with Gasteiger partial charge < -0.3 is 9.80 Å². The highest BCUT2D eigenvalue weighted by Crippen LogP contribution is 2.30. The van der Waals surface area contributed by atoms with Crippen LogP contribution in [0, 0.1) is 11.7 Å². The second-order valence-electron chi connectivity index (χ2n) is 8.59. The predicted molar refractivity (Wildman–Crippen MR) is 110 cm³/mol. The van der Waals surface area contributed by atoms with E-state index in [-0.39, 0.29) is 23.5 Å².